The lowest BCUT2D eigenvalue weighted by atomic mass is 10.1. The van der Waals surface area contributed by atoms with Crippen molar-refractivity contribution in [2.24, 2.45) is 0 Å². The zero-order chi connectivity index (χ0) is 23.3. The number of aromatic nitrogens is 2. The molecule has 0 N–H and O–H groups in total. The maximum atomic E-state index is 11.0. The Balaban J connectivity index is 0.000000547. The van der Waals surface area contributed by atoms with Crippen molar-refractivity contribution in [1.82, 2.24) is 9.97 Å². The van der Waals surface area contributed by atoms with Gasteiger partial charge in [0.05, 0.1) is 5.56 Å². The first-order chi connectivity index (χ1) is 15.7. The predicted octanol–water partition coefficient (Wildman–Crippen LogP) is 6.27. The Labute approximate surface area is 189 Å². The first-order valence-corrected chi connectivity index (χ1v) is 10.6. The molecule has 0 atom stereocenters. The number of benzene rings is 2. The fourth-order valence-corrected chi connectivity index (χ4v) is 2.87. The van der Waals surface area contributed by atoms with Gasteiger partial charge >= 0.3 is 0 Å². The second-order valence-corrected chi connectivity index (χ2v) is 6.47. The van der Waals surface area contributed by atoms with Crippen LogP contribution in [-0.4, -0.2) is 30.0 Å². The summed E-state index contributed by atoms with van der Waals surface area (Å²) < 4.78 is 16.3. The molecule has 2 aromatic carbocycles. The molecule has 4 rings (SSSR count). The normalized spacial score (nSPS) is 9.91. The Morgan fingerprint density at radius 3 is 2.44 bits per heavy atom. The molecule has 32 heavy (non-hydrogen) atoms. The van der Waals surface area contributed by atoms with E-state index < -0.39 is 0 Å². The van der Waals surface area contributed by atoms with Crippen molar-refractivity contribution in [3.05, 3.63) is 77.8 Å². The molecule has 2 heterocycles. The van der Waals surface area contributed by atoms with Gasteiger partial charge in [-0.15, -0.1) is 0 Å². The average Bonchev–Trinajstić information content (AvgIpc) is 3.19. The molecule has 0 aliphatic rings. The Kier molecular flexibility index (Phi) is 10.1. The Hall–Kier alpha value is -3.51. The predicted molar refractivity (Wildman–Crippen MR) is 127 cm³/mol. The van der Waals surface area contributed by atoms with E-state index in [1.54, 1.807) is 19.4 Å². The van der Waals surface area contributed by atoms with Crippen molar-refractivity contribution >= 4 is 17.3 Å². The van der Waals surface area contributed by atoms with Crippen LogP contribution in [0.4, 0.5) is 0 Å². The van der Waals surface area contributed by atoms with Gasteiger partial charge in [0.1, 0.15) is 29.4 Å². The van der Waals surface area contributed by atoms with Crippen LogP contribution in [-0.2, 0) is 11.3 Å². The molecule has 0 radical (unpaired) electrons. The molecule has 0 aliphatic heterocycles. The standard InChI is InChI=1S/C21H16N2O3.C3H8O.C2H6/c1-14-20(21-22-10-9-16(12-24)23-21)18-11-17(7-8-19(18)26-14)25-13-15-5-3-2-4-6-15;1-3-4-2;1-2/h2-12H,13H2,1H3;3H2,1-2H3;1-2H3. The smallest absolute Gasteiger partial charge is 0.168 e. The second-order valence-electron chi connectivity index (χ2n) is 6.47. The first-order valence-electron chi connectivity index (χ1n) is 10.6. The molecule has 0 unspecified atom stereocenters. The van der Waals surface area contributed by atoms with Gasteiger partial charge in [0.2, 0.25) is 0 Å². The van der Waals surface area contributed by atoms with E-state index in [1.807, 2.05) is 76.2 Å². The summed E-state index contributed by atoms with van der Waals surface area (Å²) in [6.07, 6.45) is 2.28. The molecule has 6 heteroatoms. The molecule has 0 bridgehead atoms. The monoisotopic (exact) mass is 434 g/mol. The van der Waals surface area contributed by atoms with Gasteiger partial charge in [0.15, 0.2) is 12.1 Å². The molecular formula is C26H30N2O4. The minimum atomic E-state index is 0.334. The highest BCUT2D eigenvalue weighted by atomic mass is 16.5. The fraction of sp³-hybridized carbons (Fsp3) is 0.269. The number of methoxy groups -OCH3 is 1. The van der Waals surface area contributed by atoms with Crippen molar-refractivity contribution < 1.29 is 18.7 Å². The number of ether oxygens (including phenoxy) is 2. The van der Waals surface area contributed by atoms with E-state index in [-0.39, 0.29) is 0 Å². The van der Waals surface area contributed by atoms with Crippen molar-refractivity contribution in [2.75, 3.05) is 13.7 Å². The maximum Gasteiger partial charge on any atom is 0.168 e. The highest BCUT2D eigenvalue weighted by molar-refractivity contribution is 5.95. The van der Waals surface area contributed by atoms with Crippen LogP contribution in [0.2, 0.25) is 0 Å². The third kappa shape index (κ3) is 6.49. The molecule has 0 spiro atoms. The van der Waals surface area contributed by atoms with Crippen molar-refractivity contribution in [1.29, 1.82) is 0 Å². The SMILES string of the molecule is CC.CCOC.Cc1oc2ccc(OCc3ccccc3)cc2c1-c1nccc(C=O)n1. The van der Waals surface area contributed by atoms with Gasteiger partial charge in [-0.3, -0.25) is 4.79 Å². The van der Waals surface area contributed by atoms with Gasteiger partial charge in [-0.2, -0.15) is 0 Å². The number of aldehydes is 1. The van der Waals surface area contributed by atoms with E-state index in [0.29, 0.717) is 30.2 Å². The number of hydrogen-bond acceptors (Lipinski definition) is 6. The summed E-state index contributed by atoms with van der Waals surface area (Å²) >= 11 is 0. The summed E-state index contributed by atoms with van der Waals surface area (Å²) in [6.45, 7) is 9.12. The van der Waals surface area contributed by atoms with E-state index in [9.17, 15) is 4.79 Å². The summed E-state index contributed by atoms with van der Waals surface area (Å²) in [5.41, 5.74) is 2.93. The Bertz CT molecular complexity index is 1110. The number of aryl methyl sites for hydroxylation is 1. The number of fused-ring (bicyclic) bond motifs is 1. The average molecular weight is 435 g/mol. The van der Waals surface area contributed by atoms with Crippen LogP contribution in [0.5, 0.6) is 5.75 Å². The summed E-state index contributed by atoms with van der Waals surface area (Å²) in [4.78, 5) is 19.6. The molecule has 2 aromatic heterocycles. The van der Waals surface area contributed by atoms with Crippen molar-refractivity contribution in [3.8, 4) is 17.1 Å². The van der Waals surface area contributed by atoms with Crippen LogP contribution >= 0.6 is 0 Å². The maximum absolute atomic E-state index is 11.0. The number of nitrogens with zero attached hydrogens (tertiary/aromatic N) is 2. The summed E-state index contributed by atoms with van der Waals surface area (Å²) in [7, 11) is 1.68. The fourth-order valence-electron chi connectivity index (χ4n) is 2.87. The minimum absolute atomic E-state index is 0.334. The third-order valence-electron chi connectivity index (χ3n) is 4.39. The topological polar surface area (TPSA) is 74.5 Å². The van der Waals surface area contributed by atoms with E-state index in [0.717, 1.165) is 34.5 Å². The number of carbonyl (C=O) groups is 1. The molecule has 168 valence electrons. The summed E-state index contributed by atoms with van der Waals surface area (Å²) in [6, 6.07) is 17.2. The van der Waals surface area contributed by atoms with E-state index in [1.165, 1.54) is 0 Å². The van der Waals surface area contributed by atoms with E-state index in [4.69, 9.17) is 9.15 Å². The van der Waals surface area contributed by atoms with E-state index >= 15 is 0 Å². The van der Waals surface area contributed by atoms with Crippen LogP contribution in [0.15, 0.2) is 65.2 Å². The molecule has 0 amide bonds. The minimum Gasteiger partial charge on any atom is -0.489 e. The molecule has 4 aromatic rings. The second kappa shape index (κ2) is 13.0. The number of furan rings is 1. The van der Waals surface area contributed by atoms with Crippen LogP contribution < -0.4 is 4.74 Å². The number of hydrogen-bond donors (Lipinski definition) is 0. The van der Waals surface area contributed by atoms with Crippen LogP contribution in [0.1, 0.15) is 42.6 Å². The molecule has 6 nitrogen and oxygen atoms in total. The largest absolute Gasteiger partial charge is 0.489 e. The van der Waals surface area contributed by atoms with Gasteiger partial charge in [-0.25, -0.2) is 9.97 Å². The van der Waals surface area contributed by atoms with Crippen molar-refractivity contribution in [2.45, 2.75) is 34.3 Å². The molecule has 0 saturated carbocycles. The quantitative estimate of drug-likeness (QED) is 0.333. The third-order valence-corrected chi connectivity index (χ3v) is 4.39. The molecule has 0 fully saturated rings. The first kappa shape index (κ1) is 24.8. The summed E-state index contributed by atoms with van der Waals surface area (Å²) in [5, 5.41) is 0.858. The Morgan fingerprint density at radius 2 is 1.78 bits per heavy atom. The van der Waals surface area contributed by atoms with Gasteiger partial charge in [0.25, 0.3) is 0 Å². The summed E-state index contributed by atoms with van der Waals surface area (Å²) in [5.74, 6) is 1.89. The van der Waals surface area contributed by atoms with Gasteiger partial charge in [-0.1, -0.05) is 44.2 Å². The van der Waals surface area contributed by atoms with Crippen LogP contribution in [0.25, 0.3) is 22.4 Å². The highest BCUT2D eigenvalue weighted by Crippen LogP contribution is 2.34. The van der Waals surface area contributed by atoms with Gasteiger partial charge in [0, 0.05) is 25.3 Å². The zero-order valence-corrected chi connectivity index (χ0v) is 19.3. The van der Waals surface area contributed by atoms with Crippen LogP contribution in [0.3, 0.4) is 0 Å². The molecular weight excluding hydrogens is 404 g/mol. The number of rotatable bonds is 6. The van der Waals surface area contributed by atoms with Gasteiger partial charge < -0.3 is 13.9 Å². The molecule has 0 aliphatic carbocycles. The van der Waals surface area contributed by atoms with Gasteiger partial charge in [-0.05, 0) is 43.7 Å². The highest BCUT2D eigenvalue weighted by Gasteiger charge is 2.16. The zero-order valence-electron chi connectivity index (χ0n) is 19.3. The van der Waals surface area contributed by atoms with E-state index in [2.05, 4.69) is 14.7 Å². The lowest BCUT2D eigenvalue weighted by Gasteiger charge is -2.06. The van der Waals surface area contributed by atoms with Crippen LogP contribution in [0, 0.1) is 6.92 Å². The Morgan fingerprint density at radius 1 is 1.06 bits per heavy atom. The lowest BCUT2D eigenvalue weighted by Crippen LogP contribution is -1.95. The molecule has 0 saturated heterocycles. The van der Waals surface area contributed by atoms with Crippen molar-refractivity contribution in [3.63, 3.8) is 0 Å². The number of carbonyl (C=O) groups excluding carboxylic acids is 1. The lowest BCUT2D eigenvalue weighted by molar-refractivity contribution is 0.111.